The fourth-order valence-corrected chi connectivity index (χ4v) is 4.68. The summed E-state index contributed by atoms with van der Waals surface area (Å²) in [6, 6.07) is 5.34. The Balaban J connectivity index is 1.94. The van der Waals surface area contributed by atoms with Crippen molar-refractivity contribution in [3.8, 4) is 0 Å². The second-order valence-corrected chi connectivity index (χ2v) is 9.02. The first-order chi connectivity index (χ1) is 11.3. The quantitative estimate of drug-likeness (QED) is 0.690. The fourth-order valence-electron chi connectivity index (χ4n) is 1.60. The zero-order valence-electron chi connectivity index (χ0n) is 12.9. The van der Waals surface area contributed by atoms with Crippen molar-refractivity contribution in [2.75, 3.05) is 11.1 Å². The van der Waals surface area contributed by atoms with Gasteiger partial charge in [0.15, 0.2) is 8.68 Å². The Bertz CT molecular complexity index is 753. The molecule has 0 aliphatic rings. The number of carbonyl (C=O) groups is 2. The maximum Gasteiger partial charge on any atom is 0.237 e. The summed E-state index contributed by atoms with van der Waals surface area (Å²) >= 11 is 9.82. The van der Waals surface area contributed by atoms with Crippen LogP contribution in [0.4, 0.5) is 5.69 Å². The third-order valence-corrected chi connectivity index (χ3v) is 6.33. The average Bonchev–Trinajstić information content (AvgIpc) is 2.96. The van der Waals surface area contributed by atoms with Gasteiger partial charge >= 0.3 is 0 Å². The van der Waals surface area contributed by atoms with Crippen LogP contribution in [0.3, 0.4) is 0 Å². The van der Waals surface area contributed by atoms with Gasteiger partial charge in [0.2, 0.25) is 11.8 Å². The molecule has 2 amide bonds. The van der Waals surface area contributed by atoms with Crippen molar-refractivity contribution in [2.24, 2.45) is 5.73 Å². The number of aryl methyl sites for hydroxylation is 1. The summed E-state index contributed by atoms with van der Waals surface area (Å²) in [5.74, 6) is -0.399. The number of hydrogen-bond acceptors (Lipinski definition) is 7. The van der Waals surface area contributed by atoms with Crippen molar-refractivity contribution in [1.29, 1.82) is 0 Å². The van der Waals surface area contributed by atoms with Crippen LogP contribution in [0.1, 0.15) is 12.5 Å². The summed E-state index contributed by atoms with van der Waals surface area (Å²) in [6.07, 6.45) is 0. The van der Waals surface area contributed by atoms with E-state index >= 15 is 0 Å². The first kappa shape index (κ1) is 19.0. The van der Waals surface area contributed by atoms with Gasteiger partial charge in [-0.15, -0.1) is 10.2 Å². The number of aromatic nitrogens is 2. The van der Waals surface area contributed by atoms with Crippen LogP contribution in [-0.4, -0.2) is 33.0 Å². The molecule has 6 nitrogen and oxygen atoms in total. The van der Waals surface area contributed by atoms with Gasteiger partial charge in [0.05, 0.1) is 11.0 Å². The fraction of sp³-hybridized carbons (Fsp3) is 0.286. The van der Waals surface area contributed by atoms with Crippen LogP contribution in [0.5, 0.6) is 0 Å². The number of amides is 2. The van der Waals surface area contributed by atoms with Gasteiger partial charge in [-0.3, -0.25) is 9.59 Å². The monoisotopic (exact) mass is 402 g/mol. The highest BCUT2D eigenvalue weighted by Crippen LogP contribution is 2.31. The van der Waals surface area contributed by atoms with Crippen LogP contribution in [0, 0.1) is 6.92 Å². The maximum absolute atomic E-state index is 12.3. The van der Waals surface area contributed by atoms with Gasteiger partial charge in [0.1, 0.15) is 0 Å². The van der Waals surface area contributed by atoms with Crippen LogP contribution < -0.4 is 11.1 Å². The number of benzene rings is 1. The minimum absolute atomic E-state index is 0.146. The van der Waals surface area contributed by atoms with Crippen molar-refractivity contribution in [3.63, 3.8) is 0 Å². The molecular weight excluding hydrogens is 388 g/mol. The summed E-state index contributed by atoms with van der Waals surface area (Å²) in [5, 5.41) is 11.1. The molecule has 128 valence electrons. The smallest absolute Gasteiger partial charge is 0.237 e. The van der Waals surface area contributed by atoms with Crippen molar-refractivity contribution in [2.45, 2.75) is 27.8 Å². The summed E-state index contributed by atoms with van der Waals surface area (Å²) in [7, 11) is 0. The SMILES string of the molecule is Cc1ccc(Cl)cc1NC(=O)[C@H](C)Sc1nnc(SCC(N)=O)s1. The van der Waals surface area contributed by atoms with Crippen LogP contribution in [0.2, 0.25) is 5.02 Å². The third kappa shape index (κ3) is 5.66. The molecule has 1 heterocycles. The zero-order chi connectivity index (χ0) is 17.7. The normalized spacial score (nSPS) is 12.0. The van der Waals surface area contributed by atoms with Gasteiger partial charge in [-0.2, -0.15) is 0 Å². The molecule has 3 N–H and O–H groups in total. The lowest BCUT2D eigenvalue weighted by molar-refractivity contribution is -0.116. The molecule has 0 aliphatic carbocycles. The highest BCUT2D eigenvalue weighted by molar-refractivity contribution is 8.04. The topological polar surface area (TPSA) is 98.0 Å². The lowest BCUT2D eigenvalue weighted by Crippen LogP contribution is -2.22. The Labute approximate surface area is 156 Å². The highest BCUT2D eigenvalue weighted by Gasteiger charge is 2.18. The number of hydrogen-bond donors (Lipinski definition) is 2. The molecule has 2 rings (SSSR count). The average molecular weight is 403 g/mol. The zero-order valence-corrected chi connectivity index (χ0v) is 16.1. The van der Waals surface area contributed by atoms with E-state index in [1.165, 1.54) is 34.9 Å². The maximum atomic E-state index is 12.3. The van der Waals surface area contributed by atoms with E-state index in [4.69, 9.17) is 17.3 Å². The van der Waals surface area contributed by atoms with E-state index < -0.39 is 5.91 Å². The molecule has 10 heteroatoms. The number of carbonyl (C=O) groups excluding carboxylic acids is 2. The minimum Gasteiger partial charge on any atom is -0.369 e. The number of nitrogens with zero attached hydrogens (tertiary/aromatic N) is 2. The minimum atomic E-state index is -0.408. The number of primary amides is 1. The molecule has 24 heavy (non-hydrogen) atoms. The van der Waals surface area contributed by atoms with E-state index in [2.05, 4.69) is 15.5 Å². The number of halogens is 1. The number of anilines is 1. The summed E-state index contributed by atoms with van der Waals surface area (Å²) in [4.78, 5) is 23.1. The lowest BCUT2D eigenvalue weighted by Gasteiger charge is -2.12. The molecule has 0 spiro atoms. The van der Waals surface area contributed by atoms with E-state index in [0.29, 0.717) is 19.4 Å². The molecule has 0 radical (unpaired) electrons. The van der Waals surface area contributed by atoms with E-state index in [1.54, 1.807) is 19.1 Å². The number of nitrogens with two attached hydrogens (primary N) is 1. The molecule has 0 saturated heterocycles. The Morgan fingerprint density at radius 3 is 2.79 bits per heavy atom. The number of thioether (sulfide) groups is 2. The highest BCUT2D eigenvalue weighted by atomic mass is 35.5. The number of nitrogens with one attached hydrogen (secondary N) is 1. The first-order valence-electron chi connectivity index (χ1n) is 6.83. The Kier molecular flexibility index (Phi) is 6.90. The van der Waals surface area contributed by atoms with Crippen molar-refractivity contribution < 1.29 is 9.59 Å². The summed E-state index contributed by atoms with van der Waals surface area (Å²) in [6.45, 7) is 3.69. The van der Waals surface area contributed by atoms with E-state index in [-0.39, 0.29) is 16.9 Å². The first-order valence-corrected chi connectivity index (χ1v) is 9.89. The summed E-state index contributed by atoms with van der Waals surface area (Å²) in [5.41, 5.74) is 6.72. The van der Waals surface area contributed by atoms with Crippen LogP contribution in [-0.2, 0) is 9.59 Å². The molecule has 0 fully saturated rings. The molecule has 0 bridgehead atoms. The van der Waals surface area contributed by atoms with Gasteiger partial charge < -0.3 is 11.1 Å². The van der Waals surface area contributed by atoms with E-state index in [9.17, 15) is 9.59 Å². The van der Waals surface area contributed by atoms with Gasteiger partial charge in [0.25, 0.3) is 0 Å². The van der Waals surface area contributed by atoms with Gasteiger partial charge in [-0.1, -0.05) is 52.5 Å². The van der Waals surface area contributed by atoms with Crippen LogP contribution >= 0.6 is 46.5 Å². The van der Waals surface area contributed by atoms with Crippen molar-refractivity contribution >= 4 is 64.0 Å². The Hall–Kier alpha value is -1.29. The Morgan fingerprint density at radius 1 is 1.38 bits per heavy atom. The van der Waals surface area contributed by atoms with Crippen LogP contribution in [0.15, 0.2) is 26.9 Å². The second-order valence-electron chi connectivity index (χ2n) is 4.80. The van der Waals surface area contributed by atoms with Gasteiger partial charge in [-0.05, 0) is 31.5 Å². The summed E-state index contributed by atoms with van der Waals surface area (Å²) < 4.78 is 1.31. The molecular formula is C14H15ClN4O2S3. The predicted molar refractivity (Wildman–Crippen MR) is 100.0 cm³/mol. The van der Waals surface area contributed by atoms with Gasteiger partial charge in [0, 0.05) is 10.7 Å². The van der Waals surface area contributed by atoms with E-state index in [1.807, 2.05) is 13.0 Å². The van der Waals surface area contributed by atoms with Crippen LogP contribution in [0.25, 0.3) is 0 Å². The van der Waals surface area contributed by atoms with Crippen molar-refractivity contribution in [3.05, 3.63) is 28.8 Å². The third-order valence-electron chi connectivity index (χ3n) is 2.83. The molecule has 1 atom stereocenters. The molecule has 1 aromatic heterocycles. The largest absolute Gasteiger partial charge is 0.369 e. The predicted octanol–water partition coefficient (Wildman–Crippen LogP) is 3.20. The molecule has 0 saturated carbocycles. The Morgan fingerprint density at radius 2 is 2.08 bits per heavy atom. The standard InChI is InChI=1S/C14H15ClN4O2S3/c1-7-3-4-9(15)5-10(7)17-12(21)8(2)23-14-19-18-13(24-14)22-6-11(16)20/h3-5,8H,6H2,1-2H3,(H2,16,20)(H,17,21)/t8-/m0/s1. The molecule has 0 unspecified atom stereocenters. The second kappa shape index (κ2) is 8.70. The number of rotatable bonds is 7. The van der Waals surface area contributed by atoms with Crippen molar-refractivity contribution in [1.82, 2.24) is 10.2 Å². The van der Waals surface area contributed by atoms with E-state index in [0.717, 1.165) is 5.56 Å². The van der Waals surface area contributed by atoms with Gasteiger partial charge in [-0.25, -0.2) is 0 Å². The molecule has 0 aliphatic heterocycles. The molecule has 1 aromatic carbocycles. The lowest BCUT2D eigenvalue weighted by atomic mass is 10.2. The molecule has 2 aromatic rings.